The molecule has 7 heteroatoms. The number of hydrogen-bond acceptors (Lipinski definition) is 5. The summed E-state index contributed by atoms with van der Waals surface area (Å²) in [5.41, 5.74) is 2.09. The molecule has 1 N–H and O–H groups in total. The number of nitrogens with zero attached hydrogens (tertiary/aromatic N) is 1. The highest BCUT2D eigenvalue weighted by molar-refractivity contribution is 7.80. The van der Waals surface area contributed by atoms with Gasteiger partial charge in [-0.05, 0) is 65.6 Å². The molecule has 0 atom stereocenters. The molecular weight excluding hydrogens is 392 g/mol. The topological polar surface area (TPSA) is 43.0 Å². The lowest BCUT2D eigenvalue weighted by Gasteiger charge is -2.26. The van der Waals surface area contributed by atoms with Gasteiger partial charge in [0.2, 0.25) is 6.79 Å². The van der Waals surface area contributed by atoms with Gasteiger partial charge in [0.15, 0.2) is 16.6 Å². The van der Waals surface area contributed by atoms with Crippen molar-refractivity contribution in [3.8, 4) is 17.2 Å². The Morgan fingerprint density at radius 2 is 1.96 bits per heavy atom. The molecule has 0 unspecified atom stereocenters. The molecule has 0 fully saturated rings. The van der Waals surface area contributed by atoms with Crippen LogP contribution in [0.2, 0.25) is 0 Å². The van der Waals surface area contributed by atoms with Gasteiger partial charge in [0, 0.05) is 17.1 Å². The van der Waals surface area contributed by atoms with E-state index >= 15 is 0 Å². The van der Waals surface area contributed by atoms with Crippen molar-refractivity contribution in [1.82, 2.24) is 5.32 Å². The molecule has 1 aromatic heterocycles. The Hall–Kier alpha value is -2.77. The normalized spacial score (nSPS) is 11.9. The minimum atomic E-state index is 0.274. The number of benzene rings is 2. The second-order valence-corrected chi connectivity index (χ2v) is 7.63. The highest BCUT2D eigenvalue weighted by Gasteiger charge is 2.16. The zero-order chi connectivity index (χ0) is 19.3. The standard InChI is InChI=1S/C21H20N2O3S2/c1-24-17-7-5-16(6-8-17)23(13-18-3-2-10-28-18)21(27)22-12-15-4-9-19-20(11-15)26-14-25-19/h2-11H,12-14H2,1H3,(H,22,27). The first-order valence-corrected chi connectivity index (χ1v) is 10.1. The second-order valence-electron chi connectivity index (χ2n) is 6.21. The number of thiocarbonyl (C=S) groups is 1. The molecule has 3 aromatic rings. The van der Waals surface area contributed by atoms with Crippen LogP contribution in [0.1, 0.15) is 10.4 Å². The first kappa shape index (κ1) is 18.6. The number of hydrogen-bond donors (Lipinski definition) is 1. The van der Waals surface area contributed by atoms with Crippen molar-refractivity contribution in [2.75, 3.05) is 18.8 Å². The summed E-state index contributed by atoms with van der Waals surface area (Å²) in [7, 11) is 1.66. The quantitative estimate of drug-likeness (QED) is 0.599. The monoisotopic (exact) mass is 412 g/mol. The van der Waals surface area contributed by atoms with Crippen LogP contribution in [0.15, 0.2) is 60.0 Å². The number of anilines is 1. The van der Waals surface area contributed by atoms with Crippen molar-refractivity contribution in [3.05, 3.63) is 70.4 Å². The molecule has 1 aliphatic rings. The highest BCUT2D eigenvalue weighted by Crippen LogP contribution is 2.32. The van der Waals surface area contributed by atoms with E-state index in [0.29, 0.717) is 18.2 Å². The molecule has 0 spiro atoms. The molecule has 2 heterocycles. The van der Waals surface area contributed by atoms with Gasteiger partial charge in [0.25, 0.3) is 0 Å². The van der Waals surface area contributed by atoms with Crippen molar-refractivity contribution in [3.63, 3.8) is 0 Å². The van der Waals surface area contributed by atoms with E-state index in [9.17, 15) is 0 Å². The first-order chi connectivity index (χ1) is 13.7. The van der Waals surface area contributed by atoms with E-state index in [1.54, 1.807) is 18.4 Å². The summed E-state index contributed by atoms with van der Waals surface area (Å²) in [5.74, 6) is 2.37. The lowest BCUT2D eigenvalue weighted by Crippen LogP contribution is -2.38. The minimum Gasteiger partial charge on any atom is -0.497 e. The number of rotatable bonds is 6. The number of thiophene rings is 1. The maximum Gasteiger partial charge on any atom is 0.231 e. The van der Waals surface area contributed by atoms with Gasteiger partial charge in [-0.2, -0.15) is 0 Å². The predicted octanol–water partition coefficient (Wildman–Crippen LogP) is 4.57. The summed E-state index contributed by atoms with van der Waals surface area (Å²) in [6.45, 7) is 1.58. The van der Waals surface area contributed by atoms with Crippen LogP contribution in [0.3, 0.4) is 0 Å². The third-order valence-electron chi connectivity index (χ3n) is 4.40. The molecule has 1 aliphatic heterocycles. The van der Waals surface area contributed by atoms with Crippen molar-refractivity contribution in [2.45, 2.75) is 13.1 Å². The lowest BCUT2D eigenvalue weighted by atomic mass is 10.2. The molecule has 0 radical (unpaired) electrons. The van der Waals surface area contributed by atoms with Crippen LogP contribution in [-0.4, -0.2) is 19.0 Å². The fourth-order valence-electron chi connectivity index (χ4n) is 2.92. The zero-order valence-corrected chi connectivity index (χ0v) is 17.0. The molecule has 0 amide bonds. The Balaban J connectivity index is 1.49. The first-order valence-electron chi connectivity index (χ1n) is 8.83. The molecule has 2 aromatic carbocycles. The van der Waals surface area contributed by atoms with Gasteiger partial charge in [-0.1, -0.05) is 12.1 Å². The Bertz CT molecular complexity index is 943. The zero-order valence-electron chi connectivity index (χ0n) is 15.4. The number of methoxy groups -OCH3 is 1. The van der Waals surface area contributed by atoms with Crippen LogP contribution in [0, 0.1) is 0 Å². The fraction of sp³-hybridized carbons (Fsp3) is 0.190. The molecule has 28 heavy (non-hydrogen) atoms. The van der Waals surface area contributed by atoms with Crippen LogP contribution in [0.4, 0.5) is 5.69 Å². The van der Waals surface area contributed by atoms with Gasteiger partial charge < -0.3 is 24.4 Å². The smallest absolute Gasteiger partial charge is 0.231 e. The summed E-state index contributed by atoms with van der Waals surface area (Å²) in [4.78, 5) is 3.33. The van der Waals surface area contributed by atoms with Crippen LogP contribution in [0.25, 0.3) is 0 Å². The third kappa shape index (κ3) is 4.21. The van der Waals surface area contributed by atoms with E-state index in [0.717, 1.165) is 28.5 Å². The van der Waals surface area contributed by atoms with Gasteiger partial charge in [-0.15, -0.1) is 11.3 Å². The highest BCUT2D eigenvalue weighted by atomic mass is 32.1. The van der Waals surface area contributed by atoms with Gasteiger partial charge >= 0.3 is 0 Å². The summed E-state index contributed by atoms with van der Waals surface area (Å²) >= 11 is 7.44. The van der Waals surface area contributed by atoms with E-state index in [-0.39, 0.29) is 6.79 Å². The van der Waals surface area contributed by atoms with E-state index in [2.05, 4.69) is 27.7 Å². The van der Waals surface area contributed by atoms with E-state index in [1.165, 1.54) is 4.88 Å². The molecular formula is C21H20N2O3S2. The average Bonchev–Trinajstić information content (AvgIpc) is 3.41. The van der Waals surface area contributed by atoms with Gasteiger partial charge in [-0.25, -0.2) is 0 Å². The van der Waals surface area contributed by atoms with Crippen LogP contribution in [-0.2, 0) is 13.1 Å². The molecule has 0 saturated carbocycles. The molecule has 0 bridgehead atoms. The van der Waals surface area contributed by atoms with Crippen molar-refractivity contribution < 1.29 is 14.2 Å². The number of ether oxygens (including phenoxy) is 3. The summed E-state index contributed by atoms with van der Waals surface area (Å²) < 4.78 is 16.1. The largest absolute Gasteiger partial charge is 0.497 e. The average molecular weight is 413 g/mol. The van der Waals surface area contributed by atoms with Crippen LogP contribution in [0.5, 0.6) is 17.2 Å². The number of fused-ring (bicyclic) bond motifs is 1. The summed E-state index contributed by atoms with van der Waals surface area (Å²) in [5, 5.41) is 6.10. The fourth-order valence-corrected chi connectivity index (χ4v) is 3.86. The van der Waals surface area contributed by atoms with Gasteiger partial charge in [0.1, 0.15) is 5.75 Å². The molecule has 4 rings (SSSR count). The molecule has 144 valence electrons. The van der Waals surface area contributed by atoms with E-state index < -0.39 is 0 Å². The predicted molar refractivity (Wildman–Crippen MR) is 115 cm³/mol. The maximum atomic E-state index is 5.72. The Kier molecular flexibility index (Phi) is 5.64. The minimum absolute atomic E-state index is 0.274. The van der Waals surface area contributed by atoms with Crippen molar-refractivity contribution in [2.24, 2.45) is 0 Å². The number of nitrogens with one attached hydrogen (secondary N) is 1. The lowest BCUT2D eigenvalue weighted by molar-refractivity contribution is 0.174. The Morgan fingerprint density at radius 3 is 2.71 bits per heavy atom. The van der Waals surface area contributed by atoms with Crippen LogP contribution < -0.4 is 24.4 Å². The van der Waals surface area contributed by atoms with Crippen molar-refractivity contribution >= 4 is 34.4 Å². The van der Waals surface area contributed by atoms with E-state index in [1.807, 2.05) is 42.5 Å². The SMILES string of the molecule is COc1ccc(N(Cc2cccs2)C(=S)NCc2ccc3c(c2)OCO3)cc1. The van der Waals surface area contributed by atoms with Crippen molar-refractivity contribution in [1.29, 1.82) is 0 Å². The molecule has 5 nitrogen and oxygen atoms in total. The summed E-state index contributed by atoms with van der Waals surface area (Å²) in [6.07, 6.45) is 0. The maximum absolute atomic E-state index is 5.72. The third-order valence-corrected chi connectivity index (χ3v) is 5.63. The summed E-state index contributed by atoms with van der Waals surface area (Å²) in [6, 6.07) is 18.0. The molecule has 0 aliphatic carbocycles. The molecule has 0 saturated heterocycles. The van der Waals surface area contributed by atoms with Gasteiger partial charge in [0.05, 0.1) is 13.7 Å². The Morgan fingerprint density at radius 1 is 1.14 bits per heavy atom. The van der Waals surface area contributed by atoms with Crippen LogP contribution >= 0.6 is 23.6 Å². The van der Waals surface area contributed by atoms with E-state index in [4.69, 9.17) is 26.4 Å². The van der Waals surface area contributed by atoms with Gasteiger partial charge in [-0.3, -0.25) is 0 Å². The Labute approximate surface area is 173 Å². The second kappa shape index (κ2) is 8.50.